The summed E-state index contributed by atoms with van der Waals surface area (Å²) in [5.74, 6) is 0. The molecule has 6 nitrogen and oxygen atoms in total. The highest BCUT2D eigenvalue weighted by atomic mass is 31.2. The molecule has 0 saturated heterocycles. The Labute approximate surface area is 124 Å². The number of allylic oxidation sites excluding steroid dienone is 2. The predicted octanol–water partition coefficient (Wildman–Crippen LogP) is 4.99. The van der Waals surface area contributed by atoms with Crippen LogP contribution < -0.4 is 0 Å². The molecule has 0 heterocycles. The molecular formula is C14H20N3O3P. The summed E-state index contributed by atoms with van der Waals surface area (Å²) in [6, 6.07) is 9.47. The Morgan fingerprint density at radius 1 is 1.24 bits per heavy atom. The molecule has 0 aliphatic heterocycles. The molecule has 0 saturated carbocycles. The summed E-state index contributed by atoms with van der Waals surface area (Å²) in [4.78, 5) is 2.82. The fraction of sp³-hybridized carbons (Fsp3) is 0.429. The van der Waals surface area contributed by atoms with Crippen molar-refractivity contribution in [1.82, 2.24) is 0 Å². The van der Waals surface area contributed by atoms with E-state index < -0.39 is 7.60 Å². The average molecular weight is 309 g/mol. The second kappa shape index (κ2) is 8.65. The minimum absolute atomic E-state index is 0.0422. The van der Waals surface area contributed by atoms with Crippen LogP contribution in [0.15, 0.2) is 41.1 Å². The summed E-state index contributed by atoms with van der Waals surface area (Å²) in [5, 5.41) is 3.68. The number of azide groups is 1. The van der Waals surface area contributed by atoms with Crippen molar-refractivity contribution in [3.05, 3.63) is 52.0 Å². The topological polar surface area (TPSA) is 84.3 Å². The van der Waals surface area contributed by atoms with Crippen LogP contribution in [0, 0.1) is 0 Å². The van der Waals surface area contributed by atoms with Gasteiger partial charge in [0.15, 0.2) is 0 Å². The molecule has 0 fully saturated rings. The molecule has 21 heavy (non-hydrogen) atoms. The zero-order chi connectivity index (χ0) is 15.7. The Morgan fingerprint density at radius 3 is 2.29 bits per heavy atom. The number of rotatable bonds is 8. The van der Waals surface area contributed by atoms with Gasteiger partial charge in [-0.2, -0.15) is 0 Å². The molecule has 1 rings (SSSR count). The highest BCUT2D eigenvalue weighted by Gasteiger charge is 2.26. The van der Waals surface area contributed by atoms with E-state index in [1.54, 1.807) is 13.8 Å². The maximum atomic E-state index is 12.6. The van der Waals surface area contributed by atoms with Crippen LogP contribution in [0.4, 0.5) is 0 Å². The van der Waals surface area contributed by atoms with Gasteiger partial charge >= 0.3 is 7.60 Å². The van der Waals surface area contributed by atoms with Gasteiger partial charge in [-0.1, -0.05) is 35.4 Å². The fourth-order valence-corrected chi connectivity index (χ4v) is 3.55. The Balaban J connectivity index is 3.17. The second-order valence-electron chi connectivity index (χ2n) is 4.23. The van der Waals surface area contributed by atoms with E-state index in [-0.39, 0.29) is 19.4 Å². The quantitative estimate of drug-likeness (QED) is 0.293. The van der Waals surface area contributed by atoms with Crippen LogP contribution in [0.5, 0.6) is 0 Å². The van der Waals surface area contributed by atoms with Gasteiger partial charge in [0, 0.05) is 10.6 Å². The van der Waals surface area contributed by atoms with E-state index in [9.17, 15) is 4.57 Å². The average Bonchev–Trinajstić information content (AvgIpc) is 2.47. The fourth-order valence-electron chi connectivity index (χ4n) is 1.84. The van der Waals surface area contributed by atoms with Crippen molar-refractivity contribution >= 4 is 13.2 Å². The molecule has 0 atom stereocenters. The summed E-state index contributed by atoms with van der Waals surface area (Å²) in [6.07, 6.45) is -0.0422. The smallest absolute Gasteiger partial charge is 0.309 e. The lowest BCUT2D eigenvalue weighted by atomic mass is 10.1. The van der Waals surface area contributed by atoms with Crippen LogP contribution >= 0.6 is 7.60 Å². The van der Waals surface area contributed by atoms with Gasteiger partial charge in [0.1, 0.15) is 0 Å². The summed E-state index contributed by atoms with van der Waals surface area (Å²) >= 11 is 0. The lowest BCUT2D eigenvalue weighted by Crippen LogP contribution is -2.03. The first-order valence-electron chi connectivity index (χ1n) is 6.74. The van der Waals surface area contributed by atoms with Crippen LogP contribution in [-0.2, 0) is 13.6 Å². The van der Waals surface area contributed by atoms with E-state index >= 15 is 0 Å². The minimum atomic E-state index is -3.30. The van der Waals surface area contributed by atoms with Gasteiger partial charge in [-0.3, -0.25) is 4.57 Å². The number of benzene rings is 1. The molecule has 114 valence electrons. The van der Waals surface area contributed by atoms with Crippen LogP contribution in [0.1, 0.15) is 26.3 Å². The summed E-state index contributed by atoms with van der Waals surface area (Å²) in [7, 11) is -3.30. The number of hydrogen-bond donors (Lipinski definition) is 0. The Morgan fingerprint density at radius 2 is 1.81 bits per heavy atom. The van der Waals surface area contributed by atoms with Gasteiger partial charge in [-0.25, -0.2) is 0 Å². The third-order valence-electron chi connectivity index (χ3n) is 2.80. The van der Waals surface area contributed by atoms with Crippen molar-refractivity contribution in [3.8, 4) is 0 Å². The van der Waals surface area contributed by atoms with Crippen LogP contribution in [0.2, 0.25) is 0 Å². The van der Waals surface area contributed by atoms with Crippen molar-refractivity contribution in [3.63, 3.8) is 0 Å². The van der Waals surface area contributed by atoms with E-state index in [0.29, 0.717) is 5.70 Å². The molecule has 0 spiro atoms. The maximum absolute atomic E-state index is 12.6. The molecule has 0 unspecified atom stereocenters. The first-order valence-corrected chi connectivity index (χ1v) is 8.47. The molecule has 0 N–H and O–H groups in total. The van der Waals surface area contributed by atoms with Gasteiger partial charge in [-0.05, 0) is 37.4 Å². The molecule has 0 aliphatic rings. The summed E-state index contributed by atoms with van der Waals surface area (Å²) in [5.41, 5.74) is 10.8. The van der Waals surface area contributed by atoms with Crippen LogP contribution in [0.3, 0.4) is 0 Å². The highest BCUT2D eigenvalue weighted by Crippen LogP contribution is 2.50. The summed E-state index contributed by atoms with van der Waals surface area (Å²) in [6.45, 7) is 5.84. The van der Waals surface area contributed by atoms with Crippen LogP contribution in [-0.4, -0.2) is 19.4 Å². The van der Waals surface area contributed by atoms with Gasteiger partial charge in [0.05, 0.1) is 19.4 Å². The zero-order valence-electron chi connectivity index (χ0n) is 12.5. The first kappa shape index (κ1) is 17.5. The predicted molar refractivity (Wildman–Crippen MR) is 83.9 cm³/mol. The molecule has 1 aromatic rings. The second-order valence-corrected chi connectivity index (χ2v) is 6.29. The molecule has 7 heteroatoms. The largest absolute Gasteiger partial charge is 0.334 e. The molecule has 0 aromatic heterocycles. The SMILES string of the molecule is CCOP(=O)(C/C(N=[N+]=[N-])=C(/C)c1ccccc1)OCC. The molecular weight excluding hydrogens is 289 g/mol. The van der Waals surface area contributed by atoms with Gasteiger partial charge in [-0.15, -0.1) is 0 Å². The number of hydrogen-bond acceptors (Lipinski definition) is 4. The van der Waals surface area contributed by atoms with Crippen molar-refractivity contribution in [2.75, 3.05) is 19.4 Å². The van der Waals surface area contributed by atoms with Gasteiger partial charge in [0.25, 0.3) is 0 Å². The van der Waals surface area contributed by atoms with Gasteiger partial charge in [0.2, 0.25) is 0 Å². The van der Waals surface area contributed by atoms with E-state index in [2.05, 4.69) is 10.0 Å². The van der Waals surface area contributed by atoms with Crippen molar-refractivity contribution < 1.29 is 13.6 Å². The molecule has 0 amide bonds. The van der Waals surface area contributed by atoms with Gasteiger partial charge < -0.3 is 9.05 Å². The van der Waals surface area contributed by atoms with E-state index in [1.165, 1.54) is 0 Å². The van der Waals surface area contributed by atoms with E-state index in [1.807, 2.05) is 37.3 Å². The van der Waals surface area contributed by atoms with Crippen molar-refractivity contribution in [1.29, 1.82) is 0 Å². The lowest BCUT2D eigenvalue weighted by molar-refractivity contribution is 0.222. The normalized spacial score (nSPS) is 12.5. The Kier molecular flexibility index (Phi) is 7.20. The van der Waals surface area contributed by atoms with Crippen LogP contribution in [0.25, 0.3) is 16.0 Å². The monoisotopic (exact) mass is 309 g/mol. The third-order valence-corrected chi connectivity index (χ3v) is 4.79. The maximum Gasteiger partial charge on any atom is 0.334 e. The zero-order valence-corrected chi connectivity index (χ0v) is 13.4. The Hall–Kier alpha value is -1.58. The standard InChI is InChI=1S/C14H20N3O3P/c1-4-19-21(18,20-5-2)11-14(16-17-15)12(3)13-9-7-6-8-10-13/h6-10H,4-5,11H2,1-3H3/b14-12+. The van der Waals surface area contributed by atoms with E-state index in [0.717, 1.165) is 11.1 Å². The Bertz CT molecular complexity index is 570. The molecule has 1 aromatic carbocycles. The molecule has 0 radical (unpaired) electrons. The lowest BCUT2D eigenvalue weighted by Gasteiger charge is -2.18. The molecule has 0 aliphatic carbocycles. The van der Waals surface area contributed by atoms with Crippen molar-refractivity contribution in [2.24, 2.45) is 5.11 Å². The minimum Gasteiger partial charge on any atom is -0.309 e. The summed E-state index contributed by atoms with van der Waals surface area (Å²) < 4.78 is 23.1. The molecule has 0 bridgehead atoms. The highest BCUT2D eigenvalue weighted by molar-refractivity contribution is 7.54. The van der Waals surface area contributed by atoms with E-state index in [4.69, 9.17) is 14.6 Å². The van der Waals surface area contributed by atoms with Crippen molar-refractivity contribution in [2.45, 2.75) is 20.8 Å². The third kappa shape index (κ3) is 5.37. The number of nitrogens with zero attached hydrogens (tertiary/aromatic N) is 3. The first-order chi connectivity index (χ1) is 10.1.